The van der Waals surface area contributed by atoms with Crippen LogP contribution in [0, 0.1) is 0 Å². The fourth-order valence-electron chi connectivity index (χ4n) is 5.46. The van der Waals surface area contributed by atoms with Crippen molar-refractivity contribution in [2.24, 2.45) is 0 Å². The summed E-state index contributed by atoms with van der Waals surface area (Å²) in [6, 6.07) is 35.6. The SMILES string of the molecule is c1ccc(-n2c3ccccc3c3c4c5ccccc5oc4c4c5ccccc5oc4c32)cc1. The van der Waals surface area contributed by atoms with E-state index in [-0.39, 0.29) is 0 Å². The largest absolute Gasteiger partial charge is 0.455 e. The number of nitrogens with zero attached hydrogens (tertiary/aromatic N) is 1. The summed E-state index contributed by atoms with van der Waals surface area (Å²) in [6.07, 6.45) is 0. The standard InChI is InChI=1S/C30H17NO2/c1-2-10-18(11-3-1)31-22-15-7-4-12-19(22)25-26-20-13-5-8-16-23(20)32-29(26)27-21-14-6-9-17-24(21)33-30(27)28(25)31/h1-17H. The van der Waals surface area contributed by atoms with E-state index in [0.29, 0.717) is 0 Å². The van der Waals surface area contributed by atoms with E-state index in [1.165, 1.54) is 10.8 Å². The van der Waals surface area contributed by atoms with Crippen LogP contribution >= 0.6 is 0 Å². The van der Waals surface area contributed by atoms with Gasteiger partial charge in [0.25, 0.3) is 0 Å². The minimum Gasteiger partial charge on any atom is -0.455 e. The molecule has 5 aromatic carbocycles. The Bertz CT molecular complexity index is 2020. The molecule has 33 heavy (non-hydrogen) atoms. The van der Waals surface area contributed by atoms with Crippen LogP contribution < -0.4 is 0 Å². The number of fused-ring (bicyclic) bond motifs is 12. The number of hydrogen-bond donors (Lipinski definition) is 0. The Morgan fingerprint density at radius 1 is 0.455 bits per heavy atom. The molecular formula is C30H17NO2. The van der Waals surface area contributed by atoms with Crippen molar-refractivity contribution in [1.29, 1.82) is 0 Å². The lowest BCUT2D eigenvalue weighted by atomic mass is 10.0. The first-order valence-corrected chi connectivity index (χ1v) is 11.1. The first-order chi connectivity index (χ1) is 16.4. The smallest absolute Gasteiger partial charge is 0.163 e. The zero-order valence-electron chi connectivity index (χ0n) is 17.6. The predicted molar refractivity (Wildman–Crippen MR) is 135 cm³/mol. The van der Waals surface area contributed by atoms with Gasteiger partial charge in [0, 0.05) is 32.6 Å². The second-order valence-corrected chi connectivity index (χ2v) is 8.52. The van der Waals surface area contributed by atoms with E-state index in [1.54, 1.807) is 0 Å². The Kier molecular flexibility index (Phi) is 3.14. The third-order valence-corrected chi connectivity index (χ3v) is 6.77. The van der Waals surface area contributed by atoms with Crippen molar-refractivity contribution in [2.75, 3.05) is 0 Å². The highest BCUT2D eigenvalue weighted by atomic mass is 16.3. The normalized spacial score (nSPS) is 12.2. The summed E-state index contributed by atoms with van der Waals surface area (Å²) in [6.45, 7) is 0. The molecule has 0 unspecified atom stereocenters. The van der Waals surface area contributed by atoms with Gasteiger partial charge in [-0.15, -0.1) is 0 Å². The molecule has 0 saturated carbocycles. The maximum Gasteiger partial charge on any atom is 0.163 e. The topological polar surface area (TPSA) is 31.2 Å². The molecule has 3 heteroatoms. The van der Waals surface area contributed by atoms with Gasteiger partial charge in [0.1, 0.15) is 16.7 Å². The molecule has 154 valence electrons. The third kappa shape index (κ3) is 2.09. The van der Waals surface area contributed by atoms with E-state index in [1.807, 2.05) is 24.3 Å². The summed E-state index contributed by atoms with van der Waals surface area (Å²) in [7, 11) is 0. The number of aromatic nitrogens is 1. The third-order valence-electron chi connectivity index (χ3n) is 6.77. The summed E-state index contributed by atoms with van der Waals surface area (Å²) in [5.74, 6) is 0. The average molecular weight is 423 g/mol. The second-order valence-electron chi connectivity index (χ2n) is 8.52. The average Bonchev–Trinajstić information content (AvgIpc) is 3.54. The summed E-state index contributed by atoms with van der Waals surface area (Å²) in [5.41, 5.74) is 6.84. The molecule has 8 rings (SSSR count). The number of hydrogen-bond acceptors (Lipinski definition) is 2. The van der Waals surface area contributed by atoms with E-state index < -0.39 is 0 Å². The van der Waals surface area contributed by atoms with Crippen LogP contribution in [-0.2, 0) is 0 Å². The molecule has 0 saturated heterocycles. The molecule has 0 aliphatic heterocycles. The van der Waals surface area contributed by atoms with Crippen LogP contribution in [0.3, 0.4) is 0 Å². The summed E-state index contributed by atoms with van der Waals surface area (Å²) in [4.78, 5) is 0. The summed E-state index contributed by atoms with van der Waals surface area (Å²) >= 11 is 0. The van der Waals surface area contributed by atoms with Crippen molar-refractivity contribution in [3.63, 3.8) is 0 Å². The zero-order chi connectivity index (χ0) is 21.5. The molecule has 0 atom stereocenters. The van der Waals surface area contributed by atoms with Gasteiger partial charge in [-0.3, -0.25) is 0 Å². The number of para-hydroxylation sites is 4. The van der Waals surface area contributed by atoms with Crippen LogP contribution in [0.4, 0.5) is 0 Å². The molecule has 0 fully saturated rings. The van der Waals surface area contributed by atoms with Gasteiger partial charge in [-0.1, -0.05) is 72.8 Å². The van der Waals surface area contributed by atoms with Gasteiger partial charge >= 0.3 is 0 Å². The van der Waals surface area contributed by atoms with Crippen LogP contribution in [-0.4, -0.2) is 4.57 Å². The molecule has 3 nitrogen and oxygen atoms in total. The van der Waals surface area contributed by atoms with Gasteiger partial charge in [0.15, 0.2) is 5.58 Å². The van der Waals surface area contributed by atoms with Crippen LogP contribution in [0.15, 0.2) is 112 Å². The van der Waals surface area contributed by atoms with Gasteiger partial charge in [0.2, 0.25) is 0 Å². The van der Waals surface area contributed by atoms with Gasteiger partial charge in [-0.2, -0.15) is 0 Å². The van der Waals surface area contributed by atoms with Crippen LogP contribution in [0.2, 0.25) is 0 Å². The molecule has 3 heterocycles. The first kappa shape index (κ1) is 17.1. The number of rotatable bonds is 1. The lowest BCUT2D eigenvalue weighted by Gasteiger charge is -2.08. The minimum atomic E-state index is 0.859. The van der Waals surface area contributed by atoms with E-state index in [9.17, 15) is 0 Å². The summed E-state index contributed by atoms with van der Waals surface area (Å²) < 4.78 is 15.4. The van der Waals surface area contributed by atoms with Gasteiger partial charge in [0.05, 0.1) is 16.4 Å². The molecule has 0 spiro atoms. The van der Waals surface area contributed by atoms with Crippen LogP contribution in [0.5, 0.6) is 0 Å². The molecule has 0 N–H and O–H groups in total. The van der Waals surface area contributed by atoms with E-state index >= 15 is 0 Å². The van der Waals surface area contributed by atoms with Crippen LogP contribution in [0.1, 0.15) is 0 Å². The molecule has 0 aliphatic carbocycles. The van der Waals surface area contributed by atoms with Crippen molar-refractivity contribution in [3.8, 4) is 5.69 Å². The van der Waals surface area contributed by atoms with Crippen LogP contribution in [0.25, 0.3) is 71.4 Å². The van der Waals surface area contributed by atoms with Crippen molar-refractivity contribution in [2.45, 2.75) is 0 Å². The molecule has 0 amide bonds. The predicted octanol–water partition coefficient (Wildman–Crippen LogP) is 8.58. The molecule has 0 bridgehead atoms. The Labute approximate surface area is 188 Å². The first-order valence-electron chi connectivity index (χ1n) is 11.1. The highest BCUT2D eigenvalue weighted by molar-refractivity contribution is 6.38. The number of benzene rings is 5. The fourth-order valence-corrected chi connectivity index (χ4v) is 5.46. The maximum atomic E-state index is 6.58. The zero-order valence-corrected chi connectivity index (χ0v) is 17.6. The number of furan rings is 2. The Balaban J connectivity index is 1.80. The molecule has 0 aliphatic rings. The van der Waals surface area contributed by atoms with Gasteiger partial charge < -0.3 is 13.4 Å². The Hall–Kier alpha value is -4.50. The Morgan fingerprint density at radius 2 is 1.03 bits per heavy atom. The summed E-state index contributed by atoms with van der Waals surface area (Å²) in [5, 5.41) is 6.73. The molecule has 3 aromatic heterocycles. The van der Waals surface area contributed by atoms with E-state index in [0.717, 1.165) is 60.6 Å². The molecule has 0 radical (unpaired) electrons. The van der Waals surface area contributed by atoms with Crippen molar-refractivity contribution >= 4 is 65.7 Å². The van der Waals surface area contributed by atoms with Crippen molar-refractivity contribution < 1.29 is 8.83 Å². The quantitative estimate of drug-likeness (QED) is 0.265. The lowest BCUT2D eigenvalue weighted by molar-refractivity contribution is 0.664. The lowest BCUT2D eigenvalue weighted by Crippen LogP contribution is -1.93. The highest BCUT2D eigenvalue weighted by Crippen LogP contribution is 2.48. The fraction of sp³-hybridized carbons (Fsp3) is 0. The maximum absolute atomic E-state index is 6.58. The Morgan fingerprint density at radius 3 is 1.79 bits per heavy atom. The molecule has 8 aromatic rings. The van der Waals surface area contributed by atoms with E-state index in [4.69, 9.17) is 8.83 Å². The van der Waals surface area contributed by atoms with Gasteiger partial charge in [-0.05, 0) is 30.3 Å². The van der Waals surface area contributed by atoms with Gasteiger partial charge in [-0.25, -0.2) is 0 Å². The molecular weight excluding hydrogens is 406 g/mol. The van der Waals surface area contributed by atoms with Crippen molar-refractivity contribution in [1.82, 2.24) is 4.57 Å². The minimum absolute atomic E-state index is 0.859. The van der Waals surface area contributed by atoms with Crippen molar-refractivity contribution in [3.05, 3.63) is 103 Å². The monoisotopic (exact) mass is 423 g/mol. The highest BCUT2D eigenvalue weighted by Gasteiger charge is 2.25. The second kappa shape index (κ2) is 6.05. The van der Waals surface area contributed by atoms with E-state index in [2.05, 4.69) is 83.4 Å².